The van der Waals surface area contributed by atoms with Crippen LogP contribution in [-0.2, 0) is 20.2 Å². The van der Waals surface area contributed by atoms with Gasteiger partial charge in [-0.2, -0.15) is 32.2 Å². The number of ketones is 1. The van der Waals surface area contributed by atoms with E-state index in [2.05, 4.69) is 26.1 Å². The van der Waals surface area contributed by atoms with Gasteiger partial charge in [-0.05, 0) is 96.6 Å². The average Bonchev–Trinajstić information content (AvgIpc) is 2.99. The van der Waals surface area contributed by atoms with Crippen LogP contribution in [0.1, 0.15) is 26.3 Å². The Kier molecular flexibility index (Phi) is 8.38. The minimum Gasteiger partial charge on any atom is -0.399 e. The summed E-state index contributed by atoms with van der Waals surface area (Å²) in [5, 5.41) is 14.6. The van der Waals surface area contributed by atoms with Gasteiger partial charge in [0.2, 0.25) is 5.78 Å². The van der Waals surface area contributed by atoms with Gasteiger partial charge in [-0.3, -0.25) is 24.1 Å². The van der Waals surface area contributed by atoms with E-state index in [9.17, 15) is 31.0 Å². The maximum Gasteiger partial charge on any atom is 0.296 e. The molecule has 0 bridgehead atoms. The van der Waals surface area contributed by atoms with Gasteiger partial charge >= 0.3 is 0 Å². The van der Waals surface area contributed by atoms with Crippen molar-refractivity contribution < 1.29 is 35.5 Å². The molecule has 4 aromatic carbocycles. The molecule has 0 heterocycles. The van der Waals surface area contributed by atoms with Crippen molar-refractivity contribution >= 4 is 72.2 Å². The molecule has 0 unspecified atom stereocenters. The van der Waals surface area contributed by atoms with Crippen molar-refractivity contribution in [3.8, 4) is 0 Å². The van der Waals surface area contributed by atoms with Crippen LogP contribution in [0.4, 0.5) is 28.4 Å². The number of amides is 1. The van der Waals surface area contributed by atoms with E-state index < -0.39 is 42.5 Å². The van der Waals surface area contributed by atoms with Gasteiger partial charge in [0.15, 0.2) is 5.71 Å². The normalized spacial score (nSPS) is 14.2. The van der Waals surface area contributed by atoms with Gasteiger partial charge in [-0.25, -0.2) is 0 Å². The van der Waals surface area contributed by atoms with Crippen LogP contribution in [0.5, 0.6) is 0 Å². The third-order valence-corrected chi connectivity index (χ3v) is 8.03. The zero-order valence-corrected chi connectivity index (χ0v) is 24.5. The number of hydrogen-bond acceptors (Lipinski definition) is 11. The molecular formula is C29H22N6O8S2. The van der Waals surface area contributed by atoms with Crippen LogP contribution >= 0.6 is 0 Å². The smallest absolute Gasteiger partial charge is 0.296 e. The van der Waals surface area contributed by atoms with E-state index >= 15 is 0 Å². The highest BCUT2D eigenvalue weighted by molar-refractivity contribution is 7.91. The number of Topliss-reactive ketones (excluding diaryl/α,β-unsaturated/α-hetero) is 1. The SMILES string of the molecule is Nc1cccc(C(=O)Nc2ccc3c(c2)C=C(S(=O)(=O)O)C(=NNc2ccc(N=Nc4ccc(S(=O)(=O)O)cc4)cc2)C3=O)c1. The molecule has 0 aliphatic heterocycles. The molecule has 1 aliphatic carbocycles. The summed E-state index contributed by atoms with van der Waals surface area (Å²) in [7, 11) is -9.23. The van der Waals surface area contributed by atoms with Gasteiger partial charge in [0.1, 0.15) is 4.91 Å². The van der Waals surface area contributed by atoms with Gasteiger partial charge in [0.05, 0.1) is 22.0 Å². The van der Waals surface area contributed by atoms with E-state index in [4.69, 9.17) is 10.3 Å². The molecule has 228 valence electrons. The van der Waals surface area contributed by atoms with Crippen LogP contribution in [-0.4, -0.2) is 43.3 Å². The second-order valence-electron chi connectivity index (χ2n) is 9.48. The fourth-order valence-electron chi connectivity index (χ4n) is 4.12. The number of hydrazone groups is 1. The van der Waals surface area contributed by atoms with E-state index in [0.29, 0.717) is 28.3 Å². The first-order chi connectivity index (χ1) is 21.3. The number of nitrogens with zero attached hydrogens (tertiary/aromatic N) is 3. The largest absolute Gasteiger partial charge is 0.399 e. The third kappa shape index (κ3) is 7.34. The summed E-state index contributed by atoms with van der Waals surface area (Å²) in [6, 6.07) is 21.7. The second kappa shape index (κ2) is 12.2. The molecule has 6 N–H and O–H groups in total. The Hall–Kier alpha value is -5.55. The lowest BCUT2D eigenvalue weighted by Gasteiger charge is -2.17. The maximum absolute atomic E-state index is 13.3. The first-order valence-electron chi connectivity index (χ1n) is 12.8. The Morgan fingerprint density at radius 2 is 1.38 bits per heavy atom. The van der Waals surface area contributed by atoms with Gasteiger partial charge < -0.3 is 11.1 Å². The molecule has 14 nitrogen and oxygen atoms in total. The molecule has 1 amide bonds. The first kappa shape index (κ1) is 30.9. The number of carbonyl (C=O) groups is 2. The molecule has 1 aliphatic rings. The van der Waals surface area contributed by atoms with Crippen molar-refractivity contribution in [3.05, 3.63) is 113 Å². The van der Waals surface area contributed by atoms with Crippen molar-refractivity contribution in [2.24, 2.45) is 15.3 Å². The van der Waals surface area contributed by atoms with Gasteiger partial charge in [0.25, 0.3) is 26.1 Å². The Bertz CT molecular complexity index is 2140. The number of azo groups is 1. The summed E-state index contributed by atoms with van der Waals surface area (Å²) in [6.07, 6.45) is 1.08. The standard InChI is InChI=1S/C29H22N6O8S2/c30-19-3-1-2-17(14-19)29(37)31-23-10-13-25-18(15-23)16-26(45(41,42)43)27(28(25)36)35-34-21-6-4-20(5-7-21)32-33-22-8-11-24(12-9-22)44(38,39)40/h1-16,34H,30H2,(H,31,37)(H,38,39,40)(H,41,42,43). The van der Waals surface area contributed by atoms with Crippen molar-refractivity contribution in [2.75, 3.05) is 16.5 Å². The Balaban J connectivity index is 1.33. The minimum absolute atomic E-state index is 0.0882. The zero-order chi connectivity index (χ0) is 32.4. The van der Waals surface area contributed by atoms with Crippen molar-refractivity contribution in [3.63, 3.8) is 0 Å². The Morgan fingerprint density at radius 3 is 1.98 bits per heavy atom. The number of nitrogens with one attached hydrogen (secondary N) is 2. The van der Waals surface area contributed by atoms with E-state index in [1.54, 1.807) is 18.2 Å². The summed E-state index contributed by atoms with van der Waals surface area (Å²) >= 11 is 0. The number of nitrogen functional groups attached to an aromatic ring is 1. The van der Waals surface area contributed by atoms with E-state index in [0.717, 1.165) is 6.08 Å². The lowest BCUT2D eigenvalue weighted by atomic mass is 9.94. The van der Waals surface area contributed by atoms with Gasteiger partial charge in [-0.15, -0.1) is 0 Å². The van der Waals surface area contributed by atoms with Crippen LogP contribution in [0, 0.1) is 0 Å². The van der Waals surface area contributed by atoms with Crippen molar-refractivity contribution in [1.29, 1.82) is 0 Å². The van der Waals surface area contributed by atoms with Gasteiger partial charge in [-0.1, -0.05) is 6.07 Å². The van der Waals surface area contributed by atoms with E-state index in [-0.39, 0.29) is 21.7 Å². The number of rotatable bonds is 8. The molecule has 5 rings (SSSR count). The molecule has 0 radical (unpaired) electrons. The number of benzene rings is 4. The summed E-state index contributed by atoms with van der Waals surface area (Å²) < 4.78 is 65.7. The third-order valence-electron chi connectivity index (χ3n) is 6.30. The van der Waals surface area contributed by atoms with Crippen molar-refractivity contribution in [2.45, 2.75) is 4.90 Å². The van der Waals surface area contributed by atoms with E-state index in [1.165, 1.54) is 72.8 Å². The maximum atomic E-state index is 13.3. The molecular weight excluding hydrogens is 624 g/mol. The van der Waals surface area contributed by atoms with Crippen LogP contribution in [0.3, 0.4) is 0 Å². The monoisotopic (exact) mass is 646 g/mol. The first-order valence-corrected chi connectivity index (χ1v) is 15.6. The number of hydrogen-bond donors (Lipinski definition) is 5. The second-order valence-corrected chi connectivity index (χ2v) is 12.3. The average molecular weight is 647 g/mol. The summed E-state index contributed by atoms with van der Waals surface area (Å²) in [4.78, 5) is 24.9. The van der Waals surface area contributed by atoms with Crippen LogP contribution in [0.2, 0.25) is 0 Å². The topological polar surface area (TPSA) is 230 Å². The molecule has 0 saturated carbocycles. The lowest BCUT2D eigenvalue weighted by molar-refractivity contribution is 0.102. The quantitative estimate of drug-likeness (QED) is 0.0737. The van der Waals surface area contributed by atoms with Gasteiger partial charge in [0, 0.05) is 22.5 Å². The summed E-state index contributed by atoms with van der Waals surface area (Å²) in [5.41, 5.74) is 10.0. The number of nitrogens with two attached hydrogens (primary N) is 1. The summed E-state index contributed by atoms with van der Waals surface area (Å²) in [6.45, 7) is 0. The number of allylic oxidation sites excluding steroid dienone is 1. The highest BCUT2D eigenvalue weighted by Crippen LogP contribution is 2.29. The molecule has 0 fully saturated rings. The van der Waals surface area contributed by atoms with Crippen LogP contribution in [0.15, 0.2) is 116 Å². The fourth-order valence-corrected chi connectivity index (χ4v) is 5.26. The van der Waals surface area contributed by atoms with Crippen LogP contribution < -0.4 is 16.5 Å². The van der Waals surface area contributed by atoms with Crippen LogP contribution in [0.25, 0.3) is 6.08 Å². The van der Waals surface area contributed by atoms with Crippen molar-refractivity contribution in [1.82, 2.24) is 0 Å². The molecule has 45 heavy (non-hydrogen) atoms. The molecule has 0 atom stereocenters. The zero-order valence-electron chi connectivity index (χ0n) is 22.8. The number of carbonyl (C=O) groups excluding carboxylic acids is 2. The lowest BCUT2D eigenvalue weighted by Crippen LogP contribution is -2.27. The molecule has 0 saturated heterocycles. The highest BCUT2D eigenvalue weighted by atomic mass is 32.2. The fraction of sp³-hybridized carbons (Fsp3) is 0. The predicted octanol–water partition coefficient (Wildman–Crippen LogP) is 5.08. The molecule has 4 aromatic rings. The molecule has 0 aromatic heterocycles. The number of anilines is 3. The number of fused-ring (bicyclic) bond motifs is 1. The summed E-state index contributed by atoms with van der Waals surface area (Å²) in [5.74, 6) is -1.26. The van der Waals surface area contributed by atoms with E-state index in [1.807, 2.05) is 0 Å². The molecule has 16 heteroatoms. The Labute approximate surface area is 256 Å². The Morgan fingerprint density at radius 1 is 0.756 bits per heavy atom. The predicted molar refractivity (Wildman–Crippen MR) is 167 cm³/mol. The minimum atomic E-state index is -4.90. The molecule has 0 spiro atoms. The highest BCUT2D eigenvalue weighted by Gasteiger charge is 2.33.